The Morgan fingerprint density at radius 1 is 1.27 bits per heavy atom. The first-order valence-electron chi connectivity index (χ1n) is 7.00. The first-order valence-corrected chi connectivity index (χ1v) is 9.06. The highest BCUT2D eigenvalue weighted by Crippen LogP contribution is 2.30. The standard InChI is InChI=1S/C15H17N3O3S/c1-10(7-8-22(2,19)20)18-15-14-13(16-9-17-15)11-5-3-4-6-12(11)21-14/h3-6,9-10H,7-8H2,1-2H3,(H,16,17,18). The fraction of sp³-hybridized carbons (Fsp3) is 0.333. The van der Waals surface area contributed by atoms with Crippen LogP contribution in [-0.4, -0.2) is 36.4 Å². The van der Waals surface area contributed by atoms with Crippen LogP contribution in [0.15, 0.2) is 35.0 Å². The number of aromatic nitrogens is 2. The van der Waals surface area contributed by atoms with Gasteiger partial charge in [0.05, 0.1) is 5.75 Å². The number of hydrogen-bond acceptors (Lipinski definition) is 6. The second kappa shape index (κ2) is 5.57. The van der Waals surface area contributed by atoms with Crippen molar-refractivity contribution in [3.63, 3.8) is 0 Å². The lowest BCUT2D eigenvalue weighted by Gasteiger charge is -2.13. The van der Waals surface area contributed by atoms with Crippen molar-refractivity contribution >= 4 is 37.7 Å². The molecule has 1 atom stereocenters. The third kappa shape index (κ3) is 3.04. The van der Waals surface area contributed by atoms with E-state index in [9.17, 15) is 8.42 Å². The number of nitrogens with one attached hydrogen (secondary N) is 1. The molecule has 0 spiro atoms. The largest absolute Gasteiger partial charge is 0.450 e. The van der Waals surface area contributed by atoms with Gasteiger partial charge in [-0.05, 0) is 25.5 Å². The molecular formula is C15H17N3O3S. The number of sulfone groups is 1. The maximum absolute atomic E-state index is 11.2. The van der Waals surface area contributed by atoms with Crippen LogP contribution in [0.5, 0.6) is 0 Å². The highest BCUT2D eigenvalue weighted by Gasteiger charge is 2.15. The Hall–Kier alpha value is -2.15. The van der Waals surface area contributed by atoms with Gasteiger partial charge in [0.2, 0.25) is 0 Å². The number of anilines is 1. The quantitative estimate of drug-likeness (QED) is 0.778. The summed E-state index contributed by atoms with van der Waals surface area (Å²) < 4.78 is 28.3. The van der Waals surface area contributed by atoms with Crippen molar-refractivity contribution in [2.24, 2.45) is 0 Å². The monoisotopic (exact) mass is 319 g/mol. The molecule has 6 nitrogen and oxygen atoms in total. The van der Waals surface area contributed by atoms with Crippen LogP contribution in [0.25, 0.3) is 22.1 Å². The molecule has 2 aromatic heterocycles. The smallest absolute Gasteiger partial charge is 0.196 e. The van der Waals surface area contributed by atoms with Crippen LogP contribution in [0.1, 0.15) is 13.3 Å². The van der Waals surface area contributed by atoms with Gasteiger partial charge in [-0.2, -0.15) is 0 Å². The first kappa shape index (κ1) is 14.8. The lowest BCUT2D eigenvalue weighted by atomic mass is 10.2. The number of benzene rings is 1. The van der Waals surface area contributed by atoms with Gasteiger partial charge >= 0.3 is 0 Å². The Labute approximate surface area is 128 Å². The molecule has 7 heteroatoms. The molecule has 0 aliphatic carbocycles. The molecule has 0 aliphatic rings. The van der Waals surface area contributed by atoms with Crippen LogP contribution in [0.3, 0.4) is 0 Å². The molecule has 1 unspecified atom stereocenters. The average molecular weight is 319 g/mol. The van der Waals surface area contributed by atoms with E-state index in [-0.39, 0.29) is 11.8 Å². The highest BCUT2D eigenvalue weighted by molar-refractivity contribution is 7.90. The lowest BCUT2D eigenvalue weighted by molar-refractivity contribution is 0.595. The Morgan fingerprint density at radius 3 is 2.82 bits per heavy atom. The van der Waals surface area contributed by atoms with E-state index in [4.69, 9.17) is 4.42 Å². The molecule has 116 valence electrons. The average Bonchev–Trinajstić information content (AvgIpc) is 2.84. The molecule has 1 aromatic carbocycles. The molecule has 0 saturated carbocycles. The van der Waals surface area contributed by atoms with Gasteiger partial charge in [-0.3, -0.25) is 0 Å². The molecule has 22 heavy (non-hydrogen) atoms. The van der Waals surface area contributed by atoms with Crippen molar-refractivity contribution in [2.75, 3.05) is 17.3 Å². The predicted molar refractivity (Wildman–Crippen MR) is 86.7 cm³/mol. The third-order valence-electron chi connectivity index (χ3n) is 3.46. The molecular weight excluding hydrogens is 302 g/mol. The van der Waals surface area contributed by atoms with E-state index < -0.39 is 9.84 Å². The SMILES string of the molecule is CC(CCS(C)(=O)=O)Nc1ncnc2c1oc1ccccc12. The van der Waals surface area contributed by atoms with E-state index in [1.54, 1.807) is 0 Å². The van der Waals surface area contributed by atoms with Crippen LogP contribution < -0.4 is 5.32 Å². The molecule has 1 N–H and O–H groups in total. The van der Waals surface area contributed by atoms with Crippen LogP contribution in [0.4, 0.5) is 5.82 Å². The van der Waals surface area contributed by atoms with Crippen molar-refractivity contribution in [2.45, 2.75) is 19.4 Å². The minimum absolute atomic E-state index is 0.0407. The van der Waals surface area contributed by atoms with Crippen LogP contribution in [0, 0.1) is 0 Å². The maximum atomic E-state index is 11.2. The van der Waals surface area contributed by atoms with Gasteiger partial charge in [0.25, 0.3) is 0 Å². The molecule has 3 rings (SSSR count). The maximum Gasteiger partial charge on any atom is 0.196 e. The van der Waals surface area contributed by atoms with Crippen molar-refractivity contribution < 1.29 is 12.8 Å². The number of fused-ring (bicyclic) bond motifs is 3. The van der Waals surface area contributed by atoms with Gasteiger partial charge in [-0.25, -0.2) is 18.4 Å². The predicted octanol–water partition coefficient (Wildman–Crippen LogP) is 2.61. The summed E-state index contributed by atoms with van der Waals surface area (Å²) in [5.74, 6) is 0.720. The van der Waals surface area contributed by atoms with E-state index in [0.717, 1.165) is 16.5 Å². The Morgan fingerprint density at radius 2 is 2.05 bits per heavy atom. The number of para-hydroxylation sites is 1. The van der Waals surface area contributed by atoms with E-state index in [1.165, 1.54) is 12.6 Å². The van der Waals surface area contributed by atoms with Gasteiger partial charge in [0, 0.05) is 17.7 Å². The lowest BCUT2D eigenvalue weighted by Crippen LogP contribution is -2.20. The van der Waals surface area contributed by atoms with Crippen molar-refractivity contribution in [1.29, 1.82) is 0 Å². The summed E-state index contributed by atoms with van der Waals surface area (Å²) in [6.45, 7) is 1.92. The normalized spacial score (nSPS) is 13.5. The van der Waals surface area contributed by atoms with Crippen molar-refractivity contribution in [3.05, 3.63) is 30.6 Å². The van der Waals surface area contributed by atoms with Crippen LogP contribution in [-0.2, 0) is 9.84 Å². The van der Waals surface area contributed by atoms with E-state index in [1.807, 2.05) is 31.2 Å². The number of furan rings is 1. The Balaban J connectivity index is 1.91. The van der Waals surface area contributed by atoms with Gasteiger partial charge in [0.1, 0.15) is 27.3 Å². The zero-order chi connectivity index (χ0) is 15.7. The minimum Gasteiger partial charge on any atom is -0.450 e. The van der Waals surface area contributed by atoms with Crippen molar-refractivity contribution in [3.8, 4) is 0 Å². The van der Waals surface area contributed by atoms with Gasteiger partial charge in [-0.1, -0.05) is 12.1 Å². The summed E-state index contributed by atoms with van der Waals surface area (Å²) in [4.78, 5) is 8.50. The molecule has 0 bridgehead atoms. The van der Waals surface area contributed by atoms with E-state index >= 15 is 0 Å². The zero-order valence-corrected chi connectivity index (χ0v) is 13.2. The Bertz CT molecular complexity index is 918. The number of hydrogen-bond donors (Lipinski definition) is 1. The van der Waals surface area contributed by atoms with E-state index in [0.29, 0.717) is 17.8 Å². The van der Waals surface area contributed by atoms with Gasteiger partial charge in [0.15, 0.2) is 11.4 Å². The second-order valence-corrected chi connectivity index (χ2v) is 7.72. The summed E-state index contributed by atoms with van der Waals surface area (Å²) in [6.07, 6.45) is 3.22. The molecule has 0 radical (unpaired) electrons. The highest BCUT2D eigenvalue weighted by atomic mass is 32.2. The second-order valence-electron chi connectivity index (χ2n) is 5.46. The fourth-order valence-corrected chi connectivity index (χ4v) is 3.10. The number of nitrogens with zero attached hydrogens (tertiary/aromatic N) is 2. The molecule has 0 amide bonds. The molecule has 0 fully saturated rings. The summed E-state index contributed by atoms with van der Waals surface area (Å²) in [7, 11) is -2.97. The molecule has 3 aromatic rings. The topological polar surface area (TPSA) is 85.1 Å². The Kier molecular flexibility index (Phi) is 3.74. The van der Waals surface area contributed by atoms with Crippen molar-refractivity contribution in [1.82, 2.24) is 9.97 Å². The summed E-state index contributed by atoms with van der Waals surface area (Å²) in [6, 6.07) is 7.63. The van der Waals surface area contributed by atoms with Crippen LogP contribution >= 0.6 is 0 Å². The summed E-state index contributed by atoms with van der Waals surface area (Å²) >= 11 is 0. The van der Waals surface area contributed by atoms with Gasteiger partial charge in [-0.15, -0.1) is 0 Å². The third-order valence-corrected chi connectivity index (χ3v) is 4.44. The van der Waals surface area contributed by atoms with E-state index in [2.05, 4.69) is 15.3 Å². The summed E-state index contributed by atoms with van der Waals surface area (Å²) in [5.41, 5.74) is 2.10. The zero-order valence-electron chi connectivity index (χ0n) is 12.4. The first-order chi connectivity index (χ1) is 10.4. The summed E-state index contributed by atoms with van der Waals surface area (Å²) in [5, 5.41) is 4.15. The fourth-order valence-electron chi connectivity index (χ4n) is 2.32. The van der Waals surface area contributed by atoms with Gasteiger partial charge < -0.3 is 9.73 Å². The number of rotatable bonds is 5. The molecule has 0 aliphatic heterocycles. The molecule has 0 saturated heterocycles. The van der Waals surface area contributed by atoms with Crippen LogP contribution in [0.2, 0.25) is 0 Å². The molecule has 2 heterocycles. The minimum atomic E-state index is -2.97.